The van der Waals surface area contributed by atoms with Gasteiger partial charge in [-0.15, -0.1) is 0 Å². The standard InChI is InChI=1S/C15H23N3O2/c1-12(2)9-10-16-15(20)17-14(19)11-18(3)13-7-5-4-6-8-13/h4-8,12H,9-11H2,1-3H3,(H2,16,17,19,20). The number of nitrogens with zero attached hydrogens (tertiary/aromatic N) is 1. The molecule has 0 unspecified atom stereocenters. The molecule has 0 spiro atoms. The zero-order valence-corrected chi connectivity index (χ0v) is 12.3. The first-order chi connectivity index (χ1) is 9.49. The molecule has 1 rings (SSSR count). The van der Waals surface area contributed by atoms with E-state index in [-0.39, 0.29) is 12.5 Å². The Labute approximate surface area is 120 Å². The summed E-state index contributed by atoms with van der Waals surface area (Å²) < 4.78 is 0. The second kappa shape index (κ2) is 8.19. The Balaban J connectivity index is 2.31. The number of carbonyl (C=O) groups is 2. The van der Waals surface area contributed by atoms with Gasteiger partial charge in [0, 0.05) is 19.3 Å². The zero-order valence-electron chi connectivity index (χ0n) is 12.3. The molecule has 0 bridgehead atoms. The molecule has 5 nitrogen and oxygen atoms in total. The summed E-state index contributed by atoms with van der Waals surface area (Å²) in [5.74, 6) is 0.202. The largest absolute Gasteiger partial charge is 0.365 e. The molecule has 110 valence electrons. The van der Waals surface area contributed by atoms with E-state index in [9.17, 15) is 9.59 Å². The van der Waals surface area contributed by atoms with Crippen LogP contribution in [0.1, 0.15) is 20.3 Å². The summed E-state index contributed by atoms with van der Waals surface area (Å²) in [7, 11) is 1.81. The molecule has 20 heavy (non-hydrogen) atoms. The van der Waals surface area contributed by atoms with E-state index in [4.69, 9.17) is 0 Å². The highest BCUT2D eigenvalue weighted by atomic mass is 16.2. The van der Waals surface area contributed by atoms with Crippen LogP contribution in [0.25, 0.3) is 0 Å². The molecule has 0 saturated carbocycles. The third-order valence-corrected chi connectivity index (χ3v) is 2.84. The predicted octanol–water partition coefficient (Wildman–Crippen LogP) is 1.99. The van der Waals surface area contributed by atoms with Crippen LogP contribution in [-0.4, -0.2) is 32.1 Å². The van der Waals surface area contributed by atoms with Gasteiger partial charge in [0.15, 0.2) is 0 Å². The molecule has 0 heterocycles. The summed E-state index contributed by atoms with van der Waals surface area (Å²) in [6.45, 7) is 4.88. The molecule has 0 aliphatic carbocycles. The van der Waals surface area contributed by atoms with E-state index in [0.717, 1.165) is 12.1 Å². The fraction of sp³-hybridized carbons (Fsp3) is 0.467. The van der Waals surface area contributed by atoms with Crippen LogP contribution < -0.4 is 15.5 Å². The van der Waals surface area contributed by atoms with Crippen molar-refractivity contribution in [1.29, 1.82) is 0 Å². The van der Waals surface area contributed by atoms with Gasteiger partial charge in [-0.25, -0.2) is 4.79 Å². The first kappa shape index (κ1) is 16.0. The zero-order chi connectivity index (χ0) is 15.0. The van der Waals surface area contributed by atoms with Crippen molar-refractivity contribution in [3.63, 3.8) is 0 Å². The maximum Gasteiger partial charge on any atom is 0.321 e. The van der Waals surface area contributed by atoms with Crippen molar-refractivity contribution in [2.45, 2.75) is 20.3 Å². The highest BCUT2D eigenvalue weighted by molar-refractivity contribution is 5.96. The van der Waals surface area contributed by atoms with E-state index in [1.54, 1.807) is 4.90 Å². The molecule has 0 fully saturated rings. The summed E-state index contributed by atoms with van der Waals surface area (Å²) >= 11 is 0. The van der Waals surface area contributed by atoms with E-state index >= 15 is 0 Å². The van der Waals surface area contributed by atoms with Crippen LogP contribution in [0.5, 0.6) is 0 Å². The number of likely N-dealkylation sites (N-methyl/N-ethyl adjacent to an activating group) is 1. The van der Waals surface area contributed by atoms with Gasteiger partial charge in [0.05, 0.1) is 6.54 Å². The summed E-state index contributed by atoms with van der Waals surface area (Å²) in [5, 5.41) is 4.99. The third kappa shape index (κ3) is 6.22. The highest BCUT2D eigenvalue weighted by Crippen LogP contribution is 2.09. The number of anilines is 1. The first-order valence-corrected chi connectivity index (χ1v) is 6.83. The molecule has 0 aromatic heterocycles. The van der Waals surface area contributed by atoms with Crippen LogP contribution in [0.3, 0.4) is 0 Å². The second-order valence-corrected chi connectivity index (χ2v) is 5.18. The maximum absolute atomic E-state index is 11.7. The lowest BCUT2D eigenvalue weighted by Crippen LogP contribution is -2.44. The van der Waals surface area contributed by atoms with Crippen molar-refractivity contribution in [1.82, 2.24) is 10.6 Å². The van der Waals surface area contributed by atoms with Crippen LogP contribution in [0.15, 0.2) is 30.3 Å². The fourth-order valence-electron chi connectivity index (χ4n) is 1.67. The molecule has 0 aliphatic rings. The summed E-state index contributed by atoms with van der Waals surface area (Å²) in [6.07, 6.45) is 0.894. The average molecular weight is 277 g/mol. The number of urea groups is 1. The predicted molar refractivity (Wildman–Crippen MR) is 80.7 cm³/mol. The first-order valence-electron chi connectivity index (χ1n) is 6.83. The lowest BCUT2D eigenvalue weighted by atomic mass is 10.1. The Kier molecular flexibility index (Phi) is 6.56. The third-order valence-electron chi connectivity index (χ3n) is 2.84. The highest BCUT2D eigenvalue weighted by Gasteiger charge is 2.10. The number of rotatable bonds is 6. The van der Waals surface area contributed by atoms with Crippen molar-refractivity contribution in [2.24, 2.45) is 5.92 Å². The number of benzene rings is 1. The Morgan fingerprint density at radius 2 is 1.85 bits per heavy atom. The fourth-order valence-corrected chi connectivity index (χ4v) is 1.67. The number of carbonyl (C=O) groups excluding carboxylic acids is 2. The topological polar surface area (TPSA) is 61.4 Å². The van der Waals surface area contributed by atoms with Crippen LogP contribution >= 0.6 is 0 Å². The van der Waals surface area contributed by atoms with Crippen molar-refractivity contribution in [2.75, 3.05) is 25.0 Å². The Hall–Kier alpha value is -2.04. The van der Waals surface area contributed by atoms with Crippen molar-refractivity contribution in [3.8, 4) is 0 Å². The summed E-state index contributed by atoms with van der Waals surface area (Å²) in [6, 6.07) is 9.12. The minimum Gasteiger partial charge on any atom is -0.365 e. The van der Waals surface area contributed by atoms with Crippen LogP contribution in [0.4, 0.5) is 10.5 Å². The second-order valence-electron chi connectivity index (χ2n) is 5.18. The quantitative estimate of drug-likeness (QED) is 0.836. The van der Waals surface area contributed by atoms with Gasteiger partial charge < -0.3 is 10.2 Å². The van der Waals surface area contributed by atoms with Gasteiger partial charge in [-0.2, -0.15) is 0 Å². The van der Waals surface area contributed by atoms with E-state index in [1.165, 1.54) is 0 Å². The molecule has 0 saturated heterocycles. The van der Waals surface area contributed by atoms with Crippen molar-refractivity contribution in [3.05, 3.63) is 30.3 Å². The molecule has 0 radical (unpaired) electrons. The van der Waals surface area contributed by atoms with E-state index in [1.807, 2.05) is 37.4 Å². The molecule has 1 aromatic rings. The molecular formula is C15H23N3O2. The number of para-hydroxylation sites is 1. The minimum absolute atomic E-state index is 0.140. The Morgan fingerprint density at radius 3 is 2.45 bits per heavy atom. The van der Waals surface area contributed by atoms with Gasteiger partial charge in [-0.1, -0.05) is 32.0 Å². The van der Waals surface area contributed by atoms with Gasteiger partial charge in [-0.3, -0.25) is 10.1 Å². The van der Waals surface area contributed by atoms with E-state index < -0.39 is 6.03 Å². The smallest absolute Gasteiger partial charge is 0.321 e. The molecule has 0 aliphatic heterocycles. The SMILES string of the molecule is CC(C)CCNC(=O)NC(=O)CN(C)c1ccccc1. The molecular weight excluding hydrogens is 254 g/mol. The van der Waals surface area contributed by atoms with Gasteiger partial charge in [0.1, 0.15) is 0 Å². The van der Waals surface area contributed by atoms with Gasteiger partial charge in [-0.05, 0) is 24.5 Å². The van der Waals surface area contributed by atoms with E-state index in [0.29, 0.717) is 12.5 Å². The number of imide groups is 1. The van der Waals surface area contributed by atoms with Crippen LogP contribution in [0, 0.1) is 5.92 Å². The minimum atomic E-state index is -0.433. The molecule has 3 amide bonds. The van der Waals surface area contributed by atoms with Crippen LogP contribution in [0.2, 0.25) is 0 Å². The van der Waals surface area contributed by atoms with Gasteiger partial charge >= 0.3 is 6.03 Å². The van der Waals surface area contributed by atoms with Gasteiger partial charge in [0.2, 0.25) is 5.91 Å². The molecule has 1 aromatic carbocycles. The Bertz CT molecular complexity index is 432. The normalized spacial score (nSPS) is 10.2. The number of hydrogen-bond acceptors (Lipinski definition) is 3. The average Bonchev–Trinajstić information content (AvgIpc) is 2.38. The molecule has 2 N–H and O–H groups in total. The summed E-state index contributed by atoms with van der Waals surface area (Å²) in [4.78, 5) is 25.0. The van der Waals surface area contributed by atoms with Crippen molar-refractivity contribution >= 4 is 17.6 Å². The van der Waals surface area contributed by atoms with Gasteiger partial charge in [0.25, 0.3) is 0 Å². The van der Waals surface area contributed by atoms with Crippen LogP contribution in [-0.2, 0) is 4.79 Å². The lowest BCUT2D eigenvalue weighted by Gasteiger charge is -2.18. The summed E-state index contributed by atoms with van der Waals surface area (Å²) in [5.41, 5.74) is 0.933. The van der Waals surface area contributed by atoms with Crippen molar-refractivity contribution < 1.29 is 9.59 Å². The maximum atomic E-state index is 11.7. The number of amides is 3. The van der Waals surface area contributed by atoms with E-state index in [2.05, 4.69) is 24.5 Å². The lowest BCUT2D eigenvalue weighted by molar-refractivity contribution is -0.118. The Morgan fingerprint density at radius 1 is 1.20 bits per heavy atom. The monoisotopic (exact) mass is 277 g/mol. The number of nitrogens with one attached hydrogen (secondary N) is 2. The number of hydrogen-bond donors (Lipinski definition) is 2. The molecule has 5 heteroatoms. The molecule has 0 atom stereocenters.